The largest absolute Gasteiger partial charge is 0.351 e. The minimum atomic E-state index is -3.77. The molecule has 1 aliphatic heterocycles. The van der Waals surface area contributed by atoms with E-state index in [1.807, 2.05) is 0 Å². The van der Waals surface area contributed by atoms with Crippen molar-refractivity contribution in [3.8, 4) is 0 Å². The van der Waals surface area contributed by atoms with E-state index >= 15 is 0 Å². The van der Waals surface area contributed by atoms with Gasteiger partial charge >= 0.3 is 6.03 Å². The Hall–Kier alpha value is -1.69. The van der Waals surface area contributed by atoms with E-state index in [4.69, 9.17) is 5.73 Å². The van der Waals surface area contributed by atoms with Gasteiger partial charge in [-0.05, 0) is 43.5 Å². The summed E-state index contributed by atoms with van der Waals surface area (Å²) >= 11 is 0. The number of rotatable bonds is 5. The lowest BCUT2D eigenvalue weighted by Gasteiger charge is -2.21. The summed E-state index contributed by atoms with van der Waals surface area (Å²) in [6.07, 6.45) is 2.13. The summed E-state index contributed by atoms with van der Waals surface area (Å²) in [4.78, 5) is 12.7. The first kappa shape index (κ1) is 19.1. The molecule has 3 N–H and O–H groups in total. The van der Waals surface area contributed by atoms with E-state index in [2.05, 4.69) is 4.72 Å². The SMILES string of the molecule is NC(=O)N1CCCN(S(=O)(=O)c2ccc(S(=O)(=O)NC3CC3)cc2)CC1. The number of nitrogens with one attached hydrogen (secondary N) is 1. The van der Waals surface area contributed by atoms with E-state index in [0.29, 0.717) is 13.0 Å². The summed E-state index contributed by atoms with van der Waals surface area (Å²) in [5.74, 6) is 0. The van der Waals surface area contributed by atoms with E-state index in [-0.39, 0.29) is 35.5 Å². The fraction of sp³-hybridized carbons (Fsp3) is 0.533. The number of hydrogen-bond acceptors (Lipinski definition) is 5. The molecule has 2 amide bonds. The molecular formula is C15H22N4O5S2. The Kier molecular flexibility index (Phi) is 5.24. The summed E-state index contributed by atoms with van der Waals surface area (Å²) in [5, 5.41) is 0. The van der Waals surface area contributed by atoms with Gasteiger partial charge in [-0.15, -0.1) is 0 Å². The second kappa shape index (κ2) is 7.14. The average molecular weight is 402 g/mol. The van der Waals surface area contributed by atoms with Crippen LogP contribution < -0.4 is 10.5 Å². The Balaban J connectivity index is 1.76. The van der Waals surface area contributed by atoms with Crippen molar-refractivity contribution in [2.45, 2.75) is 35.1 Å². The molecule has 3 rings (SSSR count). The summed E-state index contributed by atoms with van der Waals surface area (Å²) in [6.45, 7) is 1.06. The Morgan fingerprint density at radius 2 is 1.58 bits per heavy atom. The number of urea groups is 1. The number of benzene rings is 1. The highest BCUT2D eigenvalue weighted by Crippen LogP contribution is 2.24. The first-order valence-electron chi connectivity index (χ1n) is 8.37. The van der Waals surface area contributed by atoms with E-state index in [9.17, 15) is 21.6 Å². The lowest BCUT2D eigenvalue weighted by Crippen LogP contribution is -2.39. The predicted octanol–water partition coefficient (Wildman–Crippen LogP) is -0.0976. The van der Waals surface area contributed by atoms with Crippen LogP contribution in [0.25, 0.3) is 0 Å². The number of nitrogens with zero attached hydrogens (tertiary/aromatic N) is 2. The van der Waals surface area contributed by atoms with Crippen molar-refractivity contribution in [2.24, 2.45) is 5.73 Å². The Bertz CT molecular complexity index is 879. The van der Waals surface area contributed by atoms with Gasteiger partial charge in [-0.25, -0.2) is 26.4 Å². The highest BCUT2D eigenvalue weighted by Gasteiger charge is 2.30. The quantitative estimate of drug-likeness (QED) is 0.710. The lowest BCUT2D eigenvalue weighted by molar-refractivity contribution is 0.210. The molecule has 144 valence electrons. The van der Waals surface area contributed by atoms with Crippen LogP contribution in [-0.2, 0) is 20.0 Å². The molecule has 1 saturated heterocycles. The average Bonchev–Trinajstić information content (AvgIpc) is 3.40. The smallest absolute Gasteiger partial charge is 0.314 e. The van der Waals surface area contributed by atoms with Crippen molar-refractivity contribution >= 4 is 26.1 Å². The van der Waals surface area contributed by atoms with Crippen molar-refractivity contribution in [2.75, 3.05) is 26.2 Å². The second-order valence-corrected chi connectivity index (χ2v) is 10.1. The molecule has 2 fully saturated rings. The molecule has 1 aliphatic carbocycles. The van der Waals surface area contributed by atoms with Gasteiger partial charge in [-0.2, -0.15) is 4.31 Å². The van der Waals surface area contributed by atoms with Gasteiger partial charge in [0.25, 0.3) is 0 Å². The van der Waals surface area contributed by atoms with Crippen LogP contribution in [0.2, 0.25) is 0 Å². The Morgan fingerprint density at radius 1 is 0.962 bits per heavy atom. The predicted molar refractivity (Wildman–Crippen MR) is 94.3 cm³/mol. The van der Waals surface area contributed by atoms with E-state index in [0.717, 1.165) is 12.8 Å². The second-order valence-electron chi connectivity index (χ2n) is 6.45. The number of carbonyl (C=O) groups is 1. The van der Waals surface area contributed by atoms with Crippen LogP contribution in [-0.4, -0.2) is 64.3 Å². The van der Waals surface area contributed by atoms with Gasteiger partial charge in [0, 0.05) is 32.2 Å². The molecule has 9 nitrogen and oxygen atoms in total. The summed E-state index contributed by atoms with van der Waals surface area (Å²) in [5.41, 5.74) is 5.25. The van der Waals surface area contributed by atoms with Crippen LogP contribution >= 0.6 is 0 Å². The molecule has 0 unspecified atom stereocenters. The maximum absolute atomic E-state index is 12.8. The maximum atomic E-state index is 12.8. The molecule has 0 bridgehead atoms. The lowest BCUT2D eigenvalue weighted by atomic mass is 10.4. The normalized spacial score (nSPS) is 19.9. The van der Waals surface area contributed by atoms with Crippen LogP contribution in [0.1, 0.15) is 19.3 Å². The third-order valence-electron chi connectivity index (χ3n) is 4.44. The number of sulfonamides is 2. The van der Waals surface area contributed by atoms with Crippen LogP contribution in [0.4, 0.5) is 4.79 Å². The molecule has 1 saturated carbocycles. The maximum Gasteiger partial charge on any atom is 0.314 e. The van der Waals surface area contributed by atoms with Gasteiger partial charge in [0.05, 0.1) is 9.79 Å². The number of carbonyl (C=O) groups excluding carboxylic acids is 1. The molecule has 0 spiro atoms. The van der Waals surface area contributed by atoms with Crippen molar-refractivity contribution in [3.63, 3.8) is 0 Å². The summed E-state index contributed by atoms with van der Waals surface area (Å²) in [7, 11) is -7.39. The molecule has 26 heavy (non-hydrogen) atoms. The van der Waals surface area contributed by atoms with Crippen molar-refractivity contribution in [1.82, 2.24) is 13.9 Å². The molecule has 0 aromatic heterocycles. The van der Waals surface area contributed by atoms with Crippen LogP contribution in [0.3, 0.4) is 0 Å². The fourth-order valence-corrected chi connectivity index (χ4v) is 5.56. The third kappa shape index (κ3) is 4.17. The van der Waals surface area contributed by atoms with Gasteiger partial charge < -0.3 is 10.6 Å². The van der Waals surface area contributed by atoms with Gasteiger partial charge in [0.2, 0.25) is 20.0 Å². The zero-order valence-corrected chi connectivity index (χ0v) is 15.8. The fourth-order valence-electron chi connectivity index (χ4n) is 2.78. The summed E-state index contributed by atoms with van der Waals surface area (Å²) in [6, 6.07) is 4.60. The number of hydrogen-bond donors (Lipinski definition) is 2. The summed E-state index contributed by atoms with van der Waals surface area (Å²) < 4.78 is 53.8. The van der Waals surface area contributed by atoms with E-state index in [1.54, 1.807) is 0 Å². The third-order valence-corrected chi connectivity index (χ3v) is 7.89. The molecule has 11 heteroatoms. The molecule has 0 radical (unpaired) electrons. The van der Waals surface area contributed by atoms with Crippen LogP contribution in [0.5, 0.6) is 0 Å². The standard InChI is InChI=1S/C15H22N4O5S2/c16-15(20)18-8-1-9-19(11-10-18)26(23,24)14-6-4-13(5-7-14)25(21,22)17-12-2-3-12/h4-7,12,17H,1-3,8-11H2,(H2,16,20). The molecule has 1 aromatic rings. The van der Waals surface area contributed by atoms with Gasteiger partial charge in [-0.1, -0.05) is 0 Å². The zero-order valence-electron chi connectivity index (χ0n) is 14.2. The minimum absolute atomic E-state index is 0.0197. The number of amides is 2. The van der Waals surface area contributed by atoms with Crippen LogP contribution in [0, 0.1) is 0 Å². The van der Waals surface area contributed by atoms with Gasteiger partial charge in [-0.3, -0.25) is 0 Å². The highest BCUT2D eigenvalue weighted by atomic mass is 32.2. The van der Waals surface area contributed by atoms with Crippen molar-refractivity contribution in [3.05, 3.63) is 24.3 Å². The zero-order chi connectivity index (χ0) is 18.9. The number of nitrogens with two attached hydrogens (primary N) is 1. The number of primary amides is 1. The van der Waals surface area contributed by atoms with Crippen molar-refractivity contribution < 1.29 is 21.6 Å². The van der Waals surface area contributed by atoms with E-state index in [1.165, 1.54) is 33.5 Å². The monoisotopic (exact) mass is 402 g/mol. The van der Waals surface area contributed by atoms with Crippen LogP contribution in [0.15, 0.2) is 34.1 Å². The Morgan fingerprint density at radius 3 is 2.15 bits per heavy atom. The van der Waals surface area contributed by atoms with Gasteiger partial charge in [0.1, 0.15) is 0 Å². The highest BCUT2D eigenvalue weighted by molar-refractivity contribution is 7.89. The molecule has 2 aliphatic rings. The minimum Gasteiger partial charge on any atom is -0.351 e. The van der Waals surface area contributed by atoms with Gasteiger partial charge in [0.15, 0.2) is 0 Å². The topological polar surface area (TPSA) is 130 Å². The molecule has 1 heterocycles. The first-order valence-corrected chi connectivity index (χ1v) is 11.3. The molecule has 0 atom stereocenters. The van der Waals surface area contributed by atoms with E-state index < -0.39 is 26.1 Å². The molecule has 1 aromatic carbocycles. The Labute approximate surface area is 153 Å². The van der Waals surface area contributed by atoms with Crippen molar-refractivity contribution in [1.29, 1.82) is 0 Å². The molecular weight excluding hydrogens is 380 g/mol. The first-order chi connectivity index (χ1) is 12.2.